The van der Waals surface area contributed by atoms with E-state index in [0.717, 1.165) is 25.4 Å². The number of anilines is 2. The van der Waals surface area contributed by atoms with Crippen LogP contribution in [0, 0.1) is 5.92 Å². The first-order chi connectivity index (χ1) is 10.2. The molecule has 1 aliphatic carbocycles. The summed E-state index contributed by atoms with van der Waals surface area (Å²) in [5, 5.41) is 6.48. The monoisotopic (exact) mass is 293 g/mol. The van der Waals surface area contributed by atoms with Crippen LogP contribution in [0.2, 0.25) is 0 Å². The highest BCUT2D eigenvalue weighted by Crippen LogP contribution is 2.29. The van der Waals surface area contributed by atoms with E-state index in [2.05, 4.69) is 32.5 Å². The molecule has 118 valence electrons. The molecule has 0 atom stereocenters. The second kappa shape index (κ2) is 8.00. The van der Waals surface area contributed by atoms with Crippen LogP contribution in [-0.2, 0) is 0 Å². The molecule has 0 bridgehead atoms. The lowest BCUT2D eigenvalue weighted by atomic mass is 9.83. The zero-order chi connectivity index (χ0) is 15.1. The lowest BCUT2D eigenvalue weighted by Crippen LogP contribution is -2.18. The number of aromatic nitrogens is 3. The minimum Gasteiger partial charge on any atom is -0.461 e. The van der Waals surface area contributed by atoms with E-state index in [1.807, 2.05) is 13.8 Å². The summed E-state index contributed by atoms with van der Waals surface area (Å²) >= 11 is 0. The van der Waals surface area contributed by atoms with Crippen molar-refractivity contribution in [1.82, 2.24) is 15.0 Å². The van der Waals surface area contributed by atoms with Crippen molar-refractivity contribution in [2.24, 2.45) is 5.92 Å². The summed E-state index contributed by atoms with van der Waals surface area (Å²) in [6.07, 6.45) is 6.37. The second-order valence-electron chi connectivity index (χ2n) is 5.87. The van der Waals surface area contributed by atoms with Crippen LogP contribution < -0.4 is 15.4 Å². The number of hydrogen-bond acceptors (Lipinski definition) is 6. The second-order valence-corrected chi connectivity index (χ2v) is 5.87. The van der Waals surface area contributed by atoms with Crippen molar-refractivity contribution in [3.8, 4) is 6.01 Å². The number of ether oxygens (including phenoxy) is 1. The van der Waals surface area contributed by atoms with Crippen LogP contribution in [0.1, 0.15) is 52.9 Å². The molecule has 6 heteroatoms. The molecule has 1 aromatic heterocycles. The van der Waals surface area contributed by atoms with Crippen molar-refractivity contribution < 1.29 is 4.74 Å². The molecule has 1 aliphatic rings. The van der Waals surface area contributed by atoms with E-state index < -0.39 is 0 Å². The Morgan fingerprint density at radius 3 is 2.29 bits per heavy atom. The maximum absolute atomic E-state index is 5.59. The number of nitrogens with one attached hydrogen (secondary N) is 2. The van der Waals surface area contributed by atoms with Crippen molar-refractivity contribution in [2.75, 3.05) is 23.7 Å². The van der Waals surface area contributed by atoms with Crippen molar-refractivity contribution in [1.29, 1.82) is 0 Å². The number of hydrogen-bond donors (Lipinski definition) is 2. The molecule has 1 aromatic rings. The molecule has 0 aromatic carbocycles. The predicted octanol–water partition coefficient (Wildman–Crippen LogP) is 3.08. The van der Waals surface area contributed by atoms with E-state index in [-0.39, 0.29) is 6.10 Å². The van der Waals surface area contributed by atoms with Gasteiger partial charge in [-0.05, 0) is 32.6 Å². The molecule has 0 unspecified atom stereocenters. The lowest BCUT2D eigenvalue weighted by Gasteiger charge is -2.25. The zero-order valence-corrected chi connectivity index (χ0v) is 13.4. The van der Waals surface area contributed by atoms with Gasteiger partial charge in [0, 0.05) is 13.1 Å². The van der Waals surface area contributed by atoms with E-state index in [4.69, 9.17) is 4.74 Å². The minimum absolute atomic E-state index is 0.0502. The lowest BCUT2D eigenvalue weighted by molar-refractivity contribution is 0.222. The van der Waals surface area contributed by atoms with Gasteiger partial charge in [0.2, 0.25) is 11.9 Å². The van der Waals surface area contributed by atoms with Crippen LogP contribution in [0.3, 0.4) is 0 Å². The third kappa shape index (κ3) is 5.36. The topological polar surface area (TPSA) is 72.0 Å². The van der Waals surface area contributed by atoms with E-state index in [1.54, 1.807) is 0 Å². The molecule has 0 saturated heterocycles. The molecular weight excluding hydrogens is 266 g/mol. The predicted molar refractivity (Wildman–Crippen MR) is 84.8 cm³/mol. The Hall–Kier alpha value is -1.59. The Bertz CT molecular complexity index is 434. The van der Waals surface area contributed by atoms with Gasteiger partial charge in [-0.2, -0.15) is 15.0 Å². The highest BCUT2D eigenvalue weighted by atomic mass is 16.5. The Morgan fingerprint density at radius 2 is 1.76 bits per heavy atom. The van der Waals surface area contributed by atoms with Gasteiger partial charge in [-0.15, -0.1) is 0 Å². The summed E-state index contributed by atoms with van der Waals surface area (Å²) in [7, 11) is 0. The molecule has 1 fully saturated rings. The van der Waals surface area contributed by atoms with Crippen LogP contribution in [0.25, 0.3) is 0 Å². The molecule has 0 amide bonds. The van der Waals surface area contributed by atoms with Gasteiger partial charge in [-0.25, -0.2) is 0 Å². The summed E-state index contributed by atoms with van der Waals surface area (Å²) in [5.41, 5.74) is 0. The average molecular weight is 293 g/mol. The third-order valence-electron chi connectivity index (χ3n) is 3.55. The summed E-state index contributed by atoms with van der Waals surface area (Å²) in [6, 6.07) is 0.379. The Balaban J connectivity index is 1.95. The maximum atomic E-state index is 5.59. The molecule has 0 radical (unpaired) electrons. The van der Waals surface area contributed by atoms with Crippen LogP contribution >= 0.6 is 0 Å². The molecule has 6 nitrogen and oxygen atoms in total. The van der Waals surface area contributed by atoms with Gasteiger partial charge in [-0.1, -0.05) is 26.2 Å². The van der Waals surface area contributed by atoms with E-state index >= 15 is 0 Å². The Morgan fingerprint density at radius 1 is 1.10 bits per heavy atom. The first-order valence-corrected chi connectivity index (χ1v) is 8.08. The molecular formula is C15H27N5O. The first kappa shape index (κ1) is 15.8. The fraction of sp³-hybridized carbons (Fsp3) is 0.800. The molecule has 0 spiro atoms. The zero-order valence-electron chi connectivity index (χ0n) is 13.4. The van der Waals surface area contributed by atoms with Gasteiger partial charge in [0.15, 0.2) is 0 Å². The highest BCUT2D eigenvalue weighted by Gasteiger charge is 2.17. The summed E-state index contributed by atoms with van der Waals surface area (Å²) in [6.45, 7) is 7.78. The smallest absolute Gasteiger partial charge is 0.323 e. The van der Waals surface area contributed by atoms with Crippen LogP contribution in [0.5, 0.6) is 6.01 Å². The van der Waals surface area contributed by atoms with Gasteiger partial charge in [-0.3, -0.25) is 0 Å². The minimum atomic E-state index is 0.0502. The van der Waals surface area contributed by atoms with Crippen molar-refractivity contribution >= 4 is 11.9 Å². The largest absolute Gasteiger partial charge is 0.461 e. The Labute approximate surface area is 127 Å². The fourth-order valence-corrected chi connectivity index (χ4v) is 2.18. The first-order valence-electron chi connectivity index (χ1n) is 8.08. The average Bonchev–Trinajstić information content (AvgIpc) is 2.38. The SMILES string of the molecule is CCCNc1nc(NCCC2CCC2)nc(OC(C)C)n1. The number of nitrogens with zero attached hydrogens (tertiary/aromatic N) is 3. The van der Waals surface area contributed by atoms with Crippen LogP contribution in [0.15, 0.2) is 0 Å². The van der Waals surface area contributed by atoms with Crippen LogP contribution in [-0.4, -0.2) is 34.1 Å². The van der Waals surface area contributed by atoms with E-state index in [1.165, 1.54) is 25.7 Å². The standard InChI is InChI=1S/C15H27N5O/c1-4-9-16-13-18-14(17-10-8-12-6-5-7-12)20-15(19-13)21-11(2)3/h11-12H,4-10H2,1-3H3,(H2,16,17,18,19,20). The molecule has 2 rings (SSSR count). The normalized spacial score (nSPS) is 14.9. The number of rotatable bonds is 9. The molecule has 1 heterocycles. The Kier molecular flexibility index (Phi) is 6.02. The van der Waals surface area contributed by atoms with Gasteiger partial charge in [0.25, 0.3) is 0 Å². The van der Waals surface area contributed by atoms with Gasteiger partial charge in [0.1, 0.15) is 0 Å². The quantitative estimate of drug-likeness (QED) is 0.729. The summed E-state index contributed by atoms with van der Waals surface area (Å²) in [5.74, 6) is 2.05. The summed E-state index contributed by atoms with van der Waals surface area (Å²) < 4.78 is 5.59. The fourth-order valence-electron chi connectivity index (χ4n) is 2.18. The van der Waals surface area contributed by atoms with Crippen LogP contribution in [0.4, 0.5) is 11.9 Å². The third-order valence-corrected chi connectivity index (χ3v) is 3.55. The van der Waals surface area contributed by atoms with Crippen molar-refractivity contribution in [2.45, 2.75) is 59.0 Å². The van der Waals surface area contributed by atoms with Gasteiger partial charge < -0.3 is 15.4 Å². The molecule has 1 saturated carbocycles. The van der Waals surface area contributed by atoms with Gasteiger partial charge >= 0.3 is 6.01 Å². The van der Waals surface area contributed by atoms with E-state index in [0.29, 0.717) is 17.9 Å². The highest BCUT2D eigenvalue weighted by molar-refractivity contribution is 5.35. The summed E-state index contributed by atoms with van der Waals surface area (Å²) in [4.78, 5) is 13.0. The molecule has 2 N–H and O–H groups in total. The van der Waals surface area contributed by atoms with E-state index in [9.17, 15) is 0 Å². The van der Waals surface area contributed by atoms with Crippen molar-refractivity contribution in [3.63, 3.8) is 0 Å². The molecule has 0 aliphatic heterocycles. The maximum Gasteiger partial charge on any atom is 0.323 e. The van der Waals surface area contributed by atoms with Gasteiger partial charge in [0.05, 0.1) is 6.10 Å². The van der Waals surface area contributed by atoms with Crippen molar-refractivity contribution in [3.05, 3.63) is 0 Å². The molecule has 21 heavy (non-hydrogen) atoms.